The topological polar surface area (TPSA) is 59.5 Å². The van der Waals surface area contributed by atoms with Crippen molar-refractivity contribution in [3.05, 3.63) is 82.4 Å². The van der Waals surface area contributed by atoms with Crippen molar-refractivity contribution >= 4 is 10.9 Å². The number of aryl methyl sites for hydroxylation is 1. The van der Waals surface area contributed by atoms with E-state index in [1.54, 1.807) is 23.9 Å². The molecule has 182 valence electrons. The van der Waals surface area contributed by atoms with Gasteiger partial charge in [-0.05, 0) is 48.7 Å². The van der Waals surface area contributed by atoms with E-state index in [0.29, 0.717) is 17.4 Å². The summed E-state index contributed by atoms with van der Waals surface area (Å²) < 4.78 is 41.0. The number of pyridine rings is 1. The van der Waals surface area contributed by atoms with Crippen LogP contribution in [0.15, 0.2) is 59.7 Å². The van der Waals surface area contributed by atoms with Crippen molar-refractivity contribution in [3.8, 4) is 22.6 Å². The summed E-state index contributed by atoms with van der Waals surface area (Å²) in [6.07, 6.45) is 5.76. The van der Waals surface area contributed by atoms with Crippen molar-refractivity contribution in [2.45, 2.75) is 25.5 Å². The number of nitrogens with zero attached hydrogens (tertiary/aromatic N) is 2. The van der Waals surface area contributed by atoms with E-state index >= 15 is 0 Å². The van der Waals surface area contributed by atoms with Gasteiger partial charge < -0.3 is 19.0 Å². The van der Waals surface area contributed by atoms with Crippen LogP contribution in [0.1, 0.15) is 18.4 Å². The van der Waals surface area contributed by atoms with Gasteiger partial charge in [0.1, 0.15) is 17.1 Å². The molecule has 8 heteroatoms. The van der Waals surface area contributed by atoms with E-state index in [0.717, 1.165) is 66.7 Å². The molecule has 5 rings (SSSR count). The molecule has 2 aromatic heterocycles. The number of fused-ring (bicyclic) bond motifs is 1. The van der Waals surface area contributed by atoms with Crippen LogP contribution in [-0.2, 0) is 18.3 Å². The number of methoxy groups -OCH3 is 1. The summed E-state index contributed by atoms with van der Waals surface area (Å²) in [6.45, 7) is 2.63. The second-order valence-electron chi connectivity index (χ2n) is 8.94. The number of hydrogen-bond donors (Lipinski definition) is 1. The maximum atomic E-state index is 14.4. The second-order valence-corrected chi connectivity index (χ2v) is 8.94. The highest BCUT2D eigenvalue weighted by Gasteiger charge is 2.21. The van der Waals surface area contributed by atoms with Crippen LogP contribution in [0.2, 0.25) is 0 Å². The molecule has 35 heavy (non-hydrogen) atoms. The Balaban J connectivity index is 1.56. The van der Waals surface area contributed by atoms with Crippen molar-refractivity contribution in [1.82, 2.24) is 14.5 Å². The minimum atomic E-state index is -0.782. The first kappa shape index (κ1) is 23.3. The van der Waals surface area contributed by atoms with Crippen molar-refractivity contribution in [2.24, 2.45) is 7.05 Å². The zero-order valence-corrected chi connectivity index (χ0v) is 19.7. The molecule has 4 aromatic rings. The molecule has 2 aromatic carbocycles. The van der Waals surface area contributed by atoms with Gasteiger partial charge in [-0.2, -0.15) is 0 Å². The van der Waals surface area contributed by atoms with Crippen LogP contribution >= 0.6 is 0 Å². The zero-order valence-electron chi connectivity index (χ0n) is 19.7. The number of aromatic nitrogens is 2. The molecule has 1 N–H and O–H groups in total. The standard InChI is InChI=1S/C27H27F2N3O3/c1-31-16-22(20-7-10-30-27(33)26(20)31)21-13-17(15-32-11-8-19(34-2)9-12-32)3-5-24(21)35-25-6-4-18(28)14-23(25)29/h3-7,10,13-14,16,19H,8-9,11-12,15H2,1-2H3,(H,30,33). The van der Waals surface area contributed by atoms with E-state index in [1.165, 1.54) is 6.07 Å². The predicted molar refractivity (Wildman–Crippen MR) is 131 cm³/mol. The summed E-state index contributed by atoms with van der Waals surface area (Å²) in [5, 5.41) is 0.763. The lowest BCUT2D eigenvalue weighted by Gasteiger charge is -2.31. The molecule has 0 atom stereocenters. The number of H-pyrrole nitrogens is 1. The SMILES string of the molecule is COC1CCN(Cc2ccc(Oc3ccc(F)cc3F)c(-c3cn(C)c4c(=O)[nH]ccc34)c2)CC1. The highest BCUT2D eigenvalue weighted by Crippen LogP contribution is 2.39. The number of hydrogen-bond acceptors (Lipinski definition) is 4. The smallest absolute Gasteiger partial charge is 0.272 e. The van der Waals surface area contributed by atoms with Gasteiger partial charge in [0.25, 0.3) is 5.56 Å². The van der Waals surface area contributed by atoms with Gasteiger partial charge in [0.15, 0.2) is 11.6 Å². The van der Waals surface area contributed by atoms with Crippen LogP contribution in [0.3, 0.4) is 0 Å². The Kier molecular flexibility index (Phi) is 6.40. The minimum Gasteiger partial charge on any atom is -0.454 e. The minimum absolute atomic E-state index is 0.0693. The summed E-state index contributed by atoms with van der Waals surface area (Å²) in [5.41, 5.74) is 2.94. The average molecular weight is 480 g/mol. The third kappa shape index (κ3) is 4.72. The number of ether oxygens (including phenoxy) is 2. The summed E-state index contributed by atoms with van der Waals surface area (Å²) in [4.78, 5) is 17.6. The number of nitrogens with one attached hydrogen (secondary N) is 1. The van der Waals surface area contributed by atoms with Crippen molar-refractivity contribution in [2.75, 3.05) is 20.2 Å². The largest absolute Gasteiger partial charge is 0.454 e. The Morgan fingerprint density at radius 2 is 1.80 bits per heavy atom. The number of likely N-dealkylation sites (tertiary alicyclic amines) is 1. The lowest BCUT2D eigenvalue weighted by molar-refractivity contribution is 0.0389. The molecule has 0 spiro atoms. The van der Waals surface area contributed by atoms with Gasteiger partial charge in [0, 0.05) is 68.8 Å². The van der Waals surface area contributed by atoms with Crippen LogP contribution in [0.4, 0.5) is 8.78 Å². The number of halogens is 2. The van der Waals surface area contributed by atoms with Crippen molar-refractivity contribution in [3.63, 3.8) is 0 Å². The summed E-state index contributed by atoms with van der Waals surface area (Å²) >= 11 is 0. The fourth-order valence-electron chi connectivity index (χ4n) is 4.79. The van der Waals surface area contributed by atoms with Gasteiger partial charge in [-0.15, -0.1) is 0 Å². The molecule has 1 saturated heterocycles. The van der Waals surface area contributed by atoms with Gasteiger partial charge in [0.2, 0.25) is 0 Å². The second kappa shape index (κ2) is 9.64. The molecule has 1 aliphatic heterocycles. The molecule has 1 aliphatic rings. The summed E-state index contributed by atoms with van der Waals surface area (Å²) in [6, 6.07) is 10.9. The molecular formula is C27H27F2N3O3. The molecule has 6 nitrogen and oxygen atoms in total. The van der Waals surface area contributed by atoms with Crippen LogP contribution in [0.25, 0.3) is 22.0 Å². The van der Waals surface area contributed by atoms with E-state index in [2.05, 4.69) is 9.88 Å². The predicted octanol–water partition coefficient (Wildman–Crippen LogP) is 5.21. The maximum absolute atomic E-state index is 14.4. The highest BCUT2D eigenvalue weighted by molar-refractivity contribution is 5.97. The van der Waals surface area contributed by atoms with Crippen molar-refractivity contribution < 1.29 is 18.3 Å². The average Bonchev–Trinajstić information content (AvgIpc) is 3.19. The summed E-state index contributed by atoms with van der Waals surface area (Å²) in [7, 11) is 3.57. The van der Waals surface area contributed by atoms with Gasteiger partial charge in [-0.25, -0.2) is 8.78 Å². The fraction of sp³-hybridized carbons (Fsp3) is 0.296. The molecule has 0 aliphatic carbocycles. The molecule has 0 saturated carbocycles. The van der Waals surface area contributed by atoms with Crippen LogP contribution in [0.5, 0.6) is 11.5 Å². The molecule has 0 amide bonds. The Morgan fingerprint density at radius 3 is 2.54 bits per heavy atom. The third-order valence-electron chi connectivity index (χ3n) is 6.62. The van der Waals surface area contributed by atoms with Crippen molar-refractivity contribution in [1.29, 1.82) is 0 Å². The lowest BCUT2D eigenvalue weighted by atomic mass is 10.0. The number of benzene rings is 2. The molecule has 3 heterocycles. The zero-order chi connectivity index (χ0) is 24.5. The highest BCUT2D eigenvalue weighted by atomic mass is 19.1. The lowest BCUT2D eigenvalue weighted by Crippen LogP contribution is -2.36. The van der Waals surface area contributed by atoms with E-state index in [-0.39, 0.29) is 11.3 Å². The third-order valence-corrected chi connectivity index (χ3v) is 6.62. The Morgan fingerprint density at radius 1 is 1.03 bits per heavy atom. The van der Waals surface area contributed by atoms with Gasteiger partial charge in [-0.3, -0.25) is 9.69 Å². The molecular weight excluding hydrogens is 452 g/mol. The van der Waals surface area contributed by atoms with E-state index in [4.69, 9.17) is 9.47 Å². The van der Waals surface area contributed by atoms with E-state index in [9.17, 15) is 13.6 Å². The normalized spacial score (nSPS) is 15.1. The van der Waals surface area contributed by atoms with E-state index < -0.39 is 11.6 Å². The van der Waals surface area contributed by atoms with Crippen LogP contribution < -0.4 is 10.3 Å². The molecule has 0 bridgehead atoms. The summed E-state index contributed by atoms with van der Waals surface area (Å²) in [5.74, 6) is -1.10. The van der Waals surface area contributed by atoms with Gasteiger partial charge in [-0.1, -0.05) is 6.07 Å². The molecule has 0 radical (unpaired) electrons. The first-order valence-electron chi connectivity index (χ1n) is 11.6. The van der Waals surface area contributed by atoms with Crippen LogP contribution in [-0.4, -0.2) is 40.8 Å². The Hall–Kier alpha value is -3.49. The van der Waals surface area contributed by atoms with E-state index in [1.807, 2.05) is 31.4 Å². The molecule has 1 fully saturated rings. The number of rotatable bonds is 6. The maximum Gasteiger partial charge on any atom is 0.272 e. The monoisotopic (exact) mass is 479 g/mol. The van der Waals surface area contributed by atoms with Gasteiger partial charge >= 0.3 is 0 Å². The first-order chi connectivity index (χ1) is 16.9. The number of aromatic amines is 1. The number of piperidine rings is 1. The van der Waals surface area contributed by atoms with Crippen LogP contribution in [0, 0.1) is 11.6 Å². The quantitative estimate of drug-likeness (QED) is 0.412. The van der Waals surface area contributed by atoms with Gasteiger partial charge in [0.05, 0.1) is 6.10 Å². The first-order valence-corrected chi connectivity index (χ1v) is 11.6. The Labute approximate surface area is 201 Å². The fourth-order valence-corrected chi connectivity index (χ4v) is 4.79. The molecule has 0 unspecified atom stereocenters. The Bertz CT molecular complexity index is 1420.